The number of nitrogens with two attached hydrogens (primary N) is 1. The number of benzene rings is 2. The number of amides is 1. The number of carbonyl (C=O) groups excluding carboxylic acids is 1. The van der Waals surface area contributed by atoms with Crippen LogP contribution in [0.3, 0.4) is 0 Å². The maximum Gasteiger partial charge on any atom is 0.311 e. The molecule has 0 aliphatic heterocycles. The number of hydrogen-bond acceptors (Lipinski definition) is 5. The predicted molar refractivity (Wildman–Crippen MR) is 140 cm³/mol. The van der Waals surface area contributed by atoms with Crippen LogP contribution in [0.25, 0.3) is 22.2 Å². The summed E-state index contributed by atoms with van der Waals surface area (Å²) >= 11 is 0. The smallest absolute Gasteiger partial charge is 0.311 e. The van der Waals surface area contributed by atoms with Gasteiger partial charge in [0, 0.05) is 23.0 Å². The van der Waals surface area contributed by atoms with Crippen molar-refractivity contribution in [1.29, 1.82) is 0 Å². The molecule has 196 valence electrons. The molecule has 5 rings (SSSR count). The number of carbonyl (C=O) groups is 2. The lowest BCUT2D eigenvalue weighted by atomic mass is 9.81. The molecule has 2 aromatic carbocycles. The Morgan fingerprint density at radius 2 is 1.78 bits per heavy atom. The summed E-state index contributed by atoms with van der Waals surface area (Å²) in [5, 5.41) is 16.0. The highest BCUT2D eigenvalue weighted by Crippen LogP contribution is 2.51. The third-order valence-corrected chi connectivity index (χ3v) is 8.22. The summed E-state index contributed by atoms with van der Waals surface area (Å²) in [7, 11) is -2.62. The largest absolute Gasteiger partial charge is 0.497 e. The molecule has 2 aliphatic carbocycles. The number of hydrogen-bond donors (Lipinski definition) is 3. The van der Waals surface area contributed by atoms with Crippen LogP contribution in [0.1, 0.15) is 66.8 Å². The number of nitrogens with one attached hydrogen (secondary N) is 1. The Labute approximate surface area is 215 Å². The molecule has 2 saturated carbocycles. The van der Waals surface area contributed by atoms with E-state index in [1.165, 1.54) is 6.42 Å². The van der Waals surface area contributed by atoms with Crippen molar-refractivity contribution in [3.63, 3.8) is 0 Å². The number of carboxylic acid groups (broad SMARTS) is 1. The molecule has 9 nitrogen and oxygen atoms in total. The van der Waals surface area contributed by atoms with E-state index in [9.17, 15) is 23.1 Å². The molecule has 0 unspecified atom stereocenters. The van der Waals surface area contributed by atoms with Crippen molar-refractivity contribution in [3.05, 3.63) is 53.6 Å². The van der Waals surface area contributed by atoms with Gasteiger partial charge in [-0.1, -0.05) is 25.3 Å². The van der Waals surface area contributed by atoms with Crippen molar-refractivity contribution in [2.75, 3.05) is 7.11 Å². The van der Waals surface area contributed by atoms with Crippen LogP contribution in [-0.2, 0) is 21.5 Å². The lowest BCUT2D eigenvalue weighted by Gasteiger charge is -2.24. The monoisotopic (exact) mass is 525 g/mol. The third kappa shape index (κ3) is 4.95. The number of fused-ring (bicyclic) bond motifs is 1. The molecule has 1 amide bonds. The minimum Gasteiger partial charge on any atom is -0.497 e. The van der Waals surface area contributed by atoms with E-state index in [4.69, 9.17) is 9.88 Å². The quantitative estimate of drug-likeness (QED) is 0.403. The van der Waals surface area contributed by atoms with E-state index < -0.39 is 27.5 Å². The van der Waals surface area contributed by atoms with Gasteiger partial charge in [0.15, 0.2) is 0 Å². The van der Waals surface area contributed by atoms with Gasteiger partial charge in [0.05, 0.1) is 18.2 Å². The van der Waals surface area contributed by atoms with Crippen LogP contribution in [-0.4, -0.2) is 37.1 Å². The fraction of sp³-hybridized carbons (Fsp3) is 0.407. The highest BCUT2D eigenvalue weighted by molar-refractivity contribution is 7.87. The number of aromatic nitrogens is 1. The van der Waals surface area contributed by atoms with E-state index in [-0.39, 0.29) is 12.1 Å². The van der Waals surface area contributed by atoms with Crippen LogP contribution < -0.4 is 14.6 Å². The van der Waals surface area contributed by atoms with Crippen molar-refractivity contribution in [3.8, 4) is 17.0 Å². The molecule has 1 heterocycles. The Morgan fingerprint density at radius 1 is 1.11 bits per heavy atom. The van der Waals surface area contributed by atoms with Crippen molar-refractivity contribution >= 4 is 33.0 Å². The fourth-order valence-corrected chi connectivity index (χ4v) is 6.00. The standard InChI is InChI=1S/C27H31N3O6S/c1-36-20-10-7-18(8-11-20)24-23(17-5-3-2-4-6-17)21-12-9-19(25(31)29-37(28,34)35)15-22(21)30(24)16-27(13-14-27)26(32)33/h7-12,15,17H,2-6,13-14,16H2,1H3,(H,29,31)(H,32,33)(H2,28,34,35). The highest BCUT2D eigenvalue weighted by atomic mass is 32.2. The summed E-state index contributed by atoms with van der Waals surface area (Å²) in [5.74, 6) is -0.658. The van der Waals surface area contributed by atoms with Crippen LogP contribution in [0.2, 0.25) is 0 Å². The average Bonchev–Trinajstić information content (AvgIpc) is 3.60. The van der Waals surface area contributed by atoms with Crippen molar-refractivity contribution < 1.29 is 27.9 Å². The normalized spacial score (nSPS) is 17.5. The Hall–Kier alpha value is -3.37. The summed E-state index contributed by atoms with van der Waals surface area (Å²) < 4.78 is 32.2. The average molecular weight is 526 g/mol. The summed E-state index contributed by atoms with van der Waals surface area (Å²) in [6.45, 7) is 0.257. The first-order valence-corrected chi connectivity index (χ1v) is 14.1. The number of ether oxygens (including phenoxy) is 1. The van der Waals surface area contributed by atoms with Gasteiger partial charge in [-0.05, 0) is 79.1 Å². The van der Waals surface area contributed by atoms with Gasteiger partial charge in [-0.3, -0.25) is 9.59 Å². The van der Waals surface area contributed by atoms with Gasteiger partial charge in [-0.25, -0.2) is 9.86 Å². The summed E-state index contributed by atoms with van der Waals surface area (Å²) in [6.07, 6.45) is 6.64. The molecule has 0 spiro atoms. The second-order valence-electron chi connectivity index (χ2n) is 10.2. The molecule has 1 aromatic heterocycles. The van der Waals surface area contributed by atoms with Crippen LogP contribution in [0.5, 0.6) is 5.75 Å². The molecular weight excluding hydrogens is 494 g/mol. The highest BCUT2D eigenvalue weighted by Gasteiger charge is 2.51. The molecule has 0 bridgehead atoms. The van der Waals surface area contributed by atoms with Crippen molar-refractivity contribution in [1.82, 2.24) is 9.29 Å². The molecular formula is C27H31N3O6S. The SMILES string of the molecule is COc1ccc(-c2c(C3CCCCC3)c3ccc(C(=O)NS(N)(=O)=O)cc3n2CC2(C(=O)O)CC2)cc1. The molecule has 2 fully saturated rings. The molecule has 37 heavy (non-hydrogen) atoms. The van der Waals surface area contributed by atoms with E-state index in [0.29, 0.717) is 24.3 Å². The minimum absolute atomic E-state index is 0.136. The van der Waals surface area contributed by atoms with Crippen LogP contribution >= 0.6 is 0 Å². The summed E-state index contributed by atoms with van der Waals surface area (Å²) in [6, 6.07) is 12.8. The second kappa shape index (κ2) is 9.50. The molecule has 0 saturated heterocycles. The number of rotatable bonds is 8. The molecule has 0 radical (unpaired) electrons. The fourth-order valence-electron chi connectivity index (χ4n) is 5.63. The van der Waals surface area contributed by atoms with Crippen LogP contribution in [0, 0.1) is 5.41 Å². The zero-order valence-electron chi connectivity index (χ0n) is 20.7. The van der Waals surface area contributed by atoms with Crippen LogP contribution in [0.15, 0.2) is 42.5 Å². The Balaban J connectivity index is 1.76. The third-order valence-electron chi connectivity index (χ3n) is 7.75. The first kappa shape index (κ1) is 25.3. The zero-order chi connectivity index (χ0) is 26.4. The predicted octanol–water partition coefficient (Wildman–Crippen LogP) is 4.16. The van der Waals surface area contributed by atoms with Gasteiger partial charge < -0.3 is 14.4 Å². The first-order chi connectivity index (χ1) is 17.6. The van der Waals surface area contributed by atoms with Gasteiger partial charge >= 0.3 is 5.97 Å². The van der Waals surface area contributed by atoms with Gasteiger partial charge in [0.25, 0.3) is 16.1 Å². The van der Waals surface area contributed by atoms with Crippen LogP contribution in [0.4, 0.5) is 0 Å². The zero-order valence-corrected chi connectivity index (χ0v) is 21.5. The first-order valence-electron chi connectivity index (χ1n) is 12.5. The minimum atomic E-state index is -4.23. The maximum absolute atomic E-state index is 12.7. The summed E-state index contributed by atoms with van der Waals surface area (Å²) in [4.78, 5) is 24.9. The van der Waals surface area contributed by atoms with E-state index in [1.54, 1.807) is 19.2 Å². The van der Waals surface area contributed by atoms with E-state index in [1.807, 2.05) is 39.6 Å². The molecule has 4 N–H and O–H groups in total. The summed E-state index contributed by atoms with van der Waals surface area (Å²) in [5.41, 5.74) is 3.02. The Morgan fingerprint density at radius 3 is 2.35 bits per heavy atom. The molecule has 0 atom stereocenters. The topological polar surface area (TPSA) is 141 Å². The number of aliphatic carboxylic acids is 1. The molecule has 2 aliphatic rings. The van der Waals surface area contributed by atoms with E-state index in [0.717, 1.165) is 53.6 Å². The lowest BCUT2D eigenvalue weighted by molar-refractivity contribution is -0.143. The van der Waals surface area contributed by atoms with E-state index >= 15 is 0 Å². The van der Waals surface area contributed by atoms with Crippen molar-refractivity contribution in [2.45, 2.75) is 57.4 Å². The number of carboxylic acids is 1. The Bertz CT molecular complexity index is 1470. The van der Waals surface area contributed by atoms with Gasteiger partial charge in [0.2, 0.25) is 0 Å². The van der Waals surface area contributed by atoms with Gasteiger partial charge in [0.1, 0.15) is 5.75 Å². The van der Waals surface area contributed by atoms with E-state index in [2.05, 4.69) is 0 Å². The van der Waals surface area contributed by atoms with Gasteiger partial charge in [-0.2, -0.15) is 8.42 Å². The Kier molecular flexibility index (Phi) is 6.49. The molecule has 3 aromatic rings. The second-order valence-corrected chi connectivity index (χ2v) is 11.5. The number of nitrogens with zero attached hydrogens (tertiary/aromatic N) is 1. The van der Waals surface area contributed by atoms with Gasteiger partial charge in [-0.15, -0.1) is 0 Å². The maximum atomic E-state index is 12.7. The van der Waals surface area contributed by atoms with Crippen molar-refractivity contribution in [2.24, 2.45) is 10.6 Å². The molecule has 10 heteroatoms. The number of methoxy groups -OCH3 is 1. The lowest BCUT2D eigenvalue weighted by Crippen LogP contribution is -2.35.